The molecule has 1 aliphatic heterocycles. The van der Waals surface area contributed by atoms with Gasteiger partial charge in [0.15, 0.2) is 0 Å². The van der Waals surface area contributed by atoms with Gasteiger partial charge in [-0.1, -0.05) is 19.8 Å². The van der Waals surface area contributed by atoms with Crippen LogP contribution in [0.25, 0.3) is 0 Å². The number of anilines is 2. The molecule has 2 N–H and O–H groups in total. The largest absolute Gasteiger partial charge is 0.369 e. The van der Waals surface area contributed by atoms with E-state index in [0.717, 1.165) is 51.1 Å². The number of hydrogen-bond acceptors (Lipinski definition) is 4. The summed E-state index contributed by atoms with van der Waals surface area (Å²) in [5, 5.41) is 5.28. The van der Waals surface area contributed by atoms with Crippen molar-refractivity contribution in [2.45, 2.75) is 26.2 Å². The molecule has 0 aromatic heterocycles. The van der Waals surface area contributed by atoms with E-state index in [0.29, 0.717) is 12.2 Å². The van der Waals surface area contributed by atoms with Crippen LogP contribution in [0.15, 0.2) is 24.3 Å². The van der Waals surface area contributed by atoms with Crippen LogP contribution in [-0.4, -0.2) is 56.5 Å². The maximum atomic E-state index is 11.9. The third-order valence-electron chi connectivity index (χ3n) is 4.27. The number of nitrogens with zero attached hydrogens (tertiary/aromatic N) is 2. The highest BCUT2D eigenvalue weighted by Gasteiger charge is 2.15. The van der Waals surface area contributed by atoms with Gasteiger partial charge in [-0.05, 0) is 37.7 Å². The third kappa shape index (κ3) is 5.53. The summed E-state index contributed by atoms with van der Waals surface area (Å²) in [5.41, 5.74) is 1.78. The minimum absolute atomic E-state index is 0.544. The molecule has 2 rings (SSSR count). The lowest BCUT2D eigenvalue weighted by Crippen LogP contribution is -2.44. The average molecular weight is 332 g/mol. The fourth-order valence-electron chi connectivity index (χ4n) is 2.67. The molecular weight excluding hydrogens is 304 g/mol. The van der Waals surface area contributed by atoms with E-state index in [1.165, 1.54) is 0 Å². The Kier molecular flexibility index (Phi) is 7.06. The van der Waals surface area contributed by atoms with E-state index in [1.54, 1.807) is 0 Å². The van der Waals surface area contributed by atoms with Crippen LogP contribution in [0.5, 0.6) is 0 Å². The summed E-state index contributed by atoms with van der Waals surface area (Å²) in [6.45, 7) is 6.75. The summed E-state index contributed by atoms with van der Waals surface area (Å²) in [5.74, 6) is -1.19. The summed E-state index contributed by atoms with van der Waals surface area (Å²) >= 11 is 0. The summed E-state index contributed by atoms with van der Waals surface area (Å²) < 4.78 is 0. The number of rotatable bonds is 6. The van der Waals surface area contributed by atoms with Gasteiger partial charge in [-0.15, -0.1) is 0 Å². The average Bonchev–Trinajstić information content (AvgIpc) is 2.60. The number of benzene rings is 1. The maximum Gasteiger partial charge on any atom is 0.313 e. The smallest absolute Gasteiger partial charge is 0.313 e. The second-order valence-electron chi connectivity index (χ2n) is 6.25. The van der Waals surface area contributed by atoms with E-state index in [9.17, 15) is 9.59 Å². The van der Waals surface area contributed by atoms with Crippen LogP contribution >= 0.6 is 0 Å². The van der Waals surface area contributed by atoms with Gasteiger partial charge in [-0.3, -0.25) is 9.59 Å². The van der Waals surface area contributed by atoms with Gasteiger partial charge in [0.2, 0.25) is 0 Å². The monoisotopic (exact) mass is 332 g/mol. The molecule has 1 aromatic rings. The van der Waals surface area contributed by atoms with Crippen LogP contribution in [-0.2, 0) is 9.59 Å². The van der Waals surface area contributed by atoms with E-state index in [2.05, 4.69) is 34.4 Å². The van der Waals surface area contributed by atoms with Crippen molar-refractivity contribution >= 4 is 23.2 Å². The molecule has 132 valence electrons. The summed E-state index contributed by atoms with van der Waals surface area (Å²) in [4.78, 5) is 28.2. The first kappa shape index (κ1) is 18.3. The number of likely N-dealkylation sites (N-methyl/N-ethyl adjacent to an activating group) is 1. The van der Waals surface area contributed by atoms with Crippen molar-refractivity contribution < 1.29 is 9.59 Å². The lowest BCUT2D eigenvalue weighted by atomic mass is 10.2. The van der Waals surface area contributed by atoms with Gasteiger partial charge >= 0.3 is 11.8 Å². The highest BCUT2D eigenvalue weighted by molar-refractivity contribution is 6.39. The molecule has 0 atom stereocenters. The maximum absolute atomic E-state index is 11.9. The molecule has 1 heterocycles. The first-order chi connectivity index (χ1) is 11.6. The van der Waals surface area contributed by atoms with Crippen molar-refractivity contribution in [2.75, 3.05) is 50.0 Å². The van der Waals surface area contributed by atoms with Crippen LogP contribution in [0.4, 0.5) is 11.4 Å². The molecule has 1 fully saturated rings. The Morgan fingerprint density at radius 2 is 1.67 bits per heavy atom. The summed E-state index contributed by atoms with van der Waals surface area (Å²) in [6.07, 6.45) is 3.03. The van der Waals surface area contributed by atoms with E-state index in [1.807, 2.05) is 24.3 Å². The highest BCUT2D eigenvalue weighted by Crippen LogP contribution is 2.19. The van der Waals surface area contributed by atoms with Gasteiger partial charge < -0.3 is 20.4 Å². The van der Waals surface area contributed by atoms with Gasteiger partial charge in [0.05, 0.1) is 0 Å². The standard InChI is InChI=1S/C18H28N4O2/c1-3-4-5-10-19-17(23)18(24)20-15-6-8-16(9-7-15)22-13-11-21(2)12-14-22/h6-9H,3-5,10-14H2,1-2H3,(H,19,23)(H,20,24). The fourth-order valence-corrected chi connectivity index (χ4v) is 2.67. The van der Waals surface area contributed by atoms with E-state index < -0.39 is 11.8 Å². The van der Waals surface area contributed by atoms with Gasteiger partial charge in [0, 0.05) is 44.1 Å². The van der Waals surface area contributed by atoms with Gasteiger partial charge in [-0.2, -0.15) is 0 Å². The van der Waals surface area contributed by atoms with Crippen molar-refractivity contribution in [2.24, 2.45) is 0 Å². The Balaban J connectivity index is 1.80. The van der Waals surface area contributed by atoms with E-state index in [-0.39, 0.29) is 0 Å². The van der Waals surface area contributed by atoms with E-state index >= 15 is 0 Å². The number of hydrogen-bond donors (Lipinski definition) is 2. The van der Waals surface area contributed by atoms with Gasteiger partial charge in [0.1, 0.15) is 0 Å². The Hall–Kier alpha value is -2.08. The van der Waals surface area contributed by atoms with Crippen molar-refractivity contribution in [1.29, 1.82) is 0 Å². The number of nitrogens with one attached hydrogen (secondary N) is 2. The molecule has 2 amide bonds. The normalized spacial score (nSPS) is 15.2. The van der Waals surface area contributed by atoms with Crippen LogP contribution in [0, 0.1) is 0 Å². The molecule has 0 aliphatic carbocycles. The molecule has 1 aliphatic rings. The zero-order valence-corrected chi connectivity index (χ0v) is 14.7. The number of carbonyl (C=O) groups is 2. The second kappa shape index (κ2) is 9.27. The second-order valence-corrected chi connectivity index (χ2v) is 6.25. The van der Waals surface area contributed by atoms with Crippen LogP contribution in [0.1, 0.15) is 26.2 Å². The number of unbranched alkanes of at least 4 members (excludes halogenated alkanes) is 2. The zero-order chi connectivity index (χ0) is 17.4. The Morgan fingerprint density at radius 3 is 2.29 bits per heavy atom. The molecule has 0 saturated carbocycles. The molecule has 1 saturated heterocycles. The topological polar surface area (TPSA) is 64.7 Å². The predicted molar refractivity (Wildman–Crippen MR) is 97.3 cm³/mol. The van der Waals surface area contributed by atoms with E-state index in [4.69, 9.17) is 0 Å². The first-order valence-corrected chi connectivity index (χ1v) is 8.73. The SMILES string of the molecule is CCCCCNC(=O)C(=O)Nc1ccc(N2CCN(C)CC2)cc1. The van der Waals surface area contributed by atoms with Crippen molar-refractivity contribution in [3.63, 3.8) is 0 Å². The quantitative estimate of drug-likeness (QED) is 0.614. The lowest BCUT2D eigenvalue weighted by molar-refractivity contribution is -0.136. The Morgan fingerprint density at radius 1 is 1.00 bits per heavy atom. The number of amides is 2. The van der Waals surface area contributed by atoms with Crippen LogP contribution in [0.2, 0.25) is 0 Å². The van der Waals surface area contributed by atoms with Crippen molar-refractivity contribution in [3.8, 4) is 0 Å². The van der Waals surface area contributed by atoms with Gasteiger partial charge in [0.25, 0.3) is 0 Å². The molecule has 6 heteroatoms. The van der Waals surface area contributed by atoms with Crippen molar-refractivity contribution in [3.05, 3.63) is 24.3 Å². The summed E-state index contributed by atoms with van der Waals surface area (Å²) in [6, 6.07) is 7.66. The van der Waals surface area contributed by atoms with Crippen LogP contribution in [0.3, 0.4) is 0 Å². The molecule has 1 aromatic carbocycles. The first-order valence-electron chi connectivity index (χ1n) is 8.73. The molecule has 6 nitrogen and oxygen atoms in total. The molecule has 24 heavy (non-hydrogen) atoms. The number of piperazine rings is 1. The minimum atomic E-state index is -0.612. The molecule has 0 bridgehead atoms. The molecule has 0 unspecified atom stereocenters. The Labute approximate surface area is 144 Å². The van der Waals surface area contributed by atoms with Crippen LogP contribution < -0.4 is 15.5 Å². The third-order valence-corrected chi connectivity index (χ3v) is 4.27. The summed E-state index contributed by atoms with van der Waals surface area (Å²) in [7, 11) is 2.13. The fraction of sp³-hybridized carbons (Fsp3) is 0.556. The minimum Gasteiger partial charge on any atom is -0.369 e. The predicted octanol–water partition coefficient (Wildman–Crippen LogP) is 1.68. The molecular formula is C18H28N4O2. The number of carbonyl (C=O) groups excluding carboxylic acids is 2. The van der Waals surface area contributed by atoms with Crippen molar-refractivity contribution in [1.82, 2.24) is 10.2 Å². The highest BCUT2D eigenvalue weighted by atomic mass is 16.2. The zero-order valence-electron chi connectivity index (χ0n) is 14.7. The molecule has 0 radical (unpaired) electrons. The van der Waals surface area contributed by atoms with Gasteiger partial charge in [-0.25, -0.2) is 0 Å². The Bertz CT molecular complexity index is 536. The lowest BCUT2D eigenvalue weighted by Gasteiger charge is -2.34. The molecule has 0 spiro atoms.